The summed E-state index contributed by atoms with van der Waals surface area (Å²) in [5, 5.41) is 0. The Balaban J connectivity index is 1.96. The fourth-order valence-electron chi connectivity index (χ4n) is 2.83. The number of aromatic nitrogens is 3. The molecule has 0 bridgehead atoms. The van der Waals surface area contributed by atoms with Crippen LogP contribution in [0.15, 0.2) is 30.7 Å². The molecule has 1 amide bonds. The van der Waals surface area contributed by atoms with E-state index in [9.17, 15) is 4.79 Å². The SMILES string of the molecule is CC(=O)N1CCCC1c1cccc(-c2cncn2C)n1. The average molecular weight is 270 g/mol. The van der Waals surface area contributed by atoms with Crippen molar-refractivity contribution in [3.63, 3.8) is 0 Å². The van der Waals surface area contributed by atoms with Crippen LogP contribution in [-0.2, 0) is 11.8 Å². The molecule has 5 nitrogen and oxygen atoms in total. The van der Waals surface area contributed by atoms with Crippen molar-refractivity contribution in [1.29, 1.82) is 0 Å². The molecule has 0 aromatic carbocycles. The highest BCUT2D eigenvalue weighted by Gasteiger charge is 2.29. The zero-order valence-electron chi connectivity index (χ0n) is 11.8. The third kappa shape index (κ3) is 2.19. The number of aryl methyl sites for hydroxylation is 1. The maximum atomic E-state index is 11.7. The highest BCUT2D eigenvalue weighted by molar-refractivity contribution is 5.74. The minimum atomic E-state index is 0.112. The zero-order chi connectivity index (χ0) is 14.1. The predicted octanol–water partition coefficient (Wildman–Crippen LogP) is 2.17. The molecule has 1 unspecified atom stereocenters. The molecule has 0 saturated carbocycles. The van der Waals surface area contributed by atoms with E-state index in [1.165, 1.54) is 0 Å². The van der Waals surface area contributed by atoms with Crippen molar-refractivity contribution in [1.82, 2.24) is 19.4 Å². The van der Waals surface area contributed by atoms with Gasteiger partial charge in [-0.1, -0.05) is 6.07 Å². The lowest BCUT2D eigenvalue weighted by Gasteiger charge is -2.23. The molecule has 3 rings (SSSR count). The van der Waals surface area contributed by atoms with Gasteiger partial charge < -0.3 is 9.47 Å². The maximum Gasteiger partial charge on any atom is 0.220 e. The van der Waals surface area contributed by atoms with E-state index in [-0.39, 0.29) is 11.9 Å². The molecule has 2 aromatic heterocycles. The van der Waals surface area contributed by atoms with E-state index in [1.807, 2.05) is 40.9 Å². The molecule has 1 aliphatic heterocycles. The molecule has 1 atom stereocenters. The Labute approximate surface area is 118 Å². The molecule has 1 aliphatic rings. The van der Waals surface area contributed by atoms with Gasteiger partial charge in [0.05, 0.1) is 35.6 Å². The first-order chi connectivity index (χ1) is 9.66. The van der Waals surface area contributed by atoms with Gasteiger partial charge in [-0.25, -0.2) is 9.97 Å². The van der Waals surface area contributed by atoms with Crippen LogP contribution in [0.4, 0.5) is 0 Å². The molecule has 0 spiro atoms. The minimum absolute atomic E-state index is 0.112. The zero-order valence-corrected chi connectivity index (χ0v) is 11.8. The summed E-state index contributed by atoms with van der Waals surface area (Å²) in [5.41, 5.74) is 2.86. The average Bonchev–Trinajstić information content (AvgIpc) is 3.07. The van der Waals surface area contributed by atoms with Crippen molar-refractivity contribution in [2.75, 3.05) is 6.54 Å². The third-order valence-corrected chi connectivity index (χ3v) is 3.85. The van der Waals surface area contributed by atoms with Gasteiger partial charge in [-0.3, -0.25) is 4.79 Å². The lowest BCUT2D eigenvalue weighted by molar-refractivity contribution is -0.129. The van der Waals surface area contributed by atoms with Crippen LogP contribution in [0, 0.1) is 0 Å². The number of imidazole rings is 1. The molecule has 20 heavy (non-hydrogen) atoms. The minimum Gasteiger partial charge on any atom is -0.334 e. The standard InChI is InChI=1S/C15H18N4O/c1-11(20)19-8-4-7-14(19)12-5-3-6-13(17-12)15-9-16-10-18(15)2/h3,5-6,9-10,14H,4,7-8H2,1-2H3. The number of rotatable bonds is 2. The number of likely N-dealkylation sites (tertiary alicyclic amines) is 1. The van der Waals surface area contributed by atoms with Crippen molar-refractivity contribution in [3.05, 3.63) is 36.4 Å². The Kier molecular flexibility index (Phi) is 3.26. The highest BCUT2D eigenvalue weighted by atomic mass is 16.2. The lowest BCUT2D eigenvalue weighted by atomic mass is 10.1. The van der Waals surface area contributed by atoms with Crippen LogP contribution < -0.4 is 0 Å². The molecule has 3 heterocycles. The molecule has 0 N–H and O–H groups in total. The fraction of sp³-hybridized carbons (Fsp3) is 0.400. The van der Waals surface area contributed by atoms with Gasteiger partial charge in [-0.05, 0) is 25.0 Å². The van der Waals surface area contributed by atoms with E-state index in [0.717, 1.165) is 36.5 Å². The van der Waals surface area contributed by atoms with E-state index in [4.69, 9.17) is 4.98 Å². The molecule has 2 aromatic rings. The maximum absolute atomic E-state index is 11.7. The van der Waals surface area contributed by atoms with Gasteiger partial charge in [-0.2, -0.15) is 0 Å². The van der Waals surface area contributed by atoms with Gasteiger partial charge in [0.25, 0.3) is 0 Å². The van der Waals surface area contributed by atoms with Crippen molar-refractivity contribution in [3.8, 4) is 11.4 Å². The molecule has 1 fully saturated rings. The summed E-state index contributed by atoms with van der Waals surface area (Å²) in [7, 11) is 1.95. The summed E-state index contributed by atoms with van der Waals surface area (Å²) in [4.78, 5) is 22.5. The second kappa shape index (κ2) is 5.07. The Morgan fingerprint density at radius 3 is 2.95 bits per heavy atom. The summed E-state index contributed by atoms with van der Waals surface area (Å²) in [6.45, 7) is 2.46. The fourth-order valence-corrected chi connectivity index (χ4v) is 2.83. The van der Waals surface area contributed by atoms with E-state index in [1.54, 1.807) is 13.3 Å². The largest absolute Gasteiger partial charge is 0.334 e. The van der Waals surface area contributed by atoms with E-state index in [2.05, 4.69) is 4.98 Å². The number of carbonyl (C=O) groups excluding carboxylic acids is 1. The van der Waals surface area contributed by atoms with Crippen molar-refractivity contribution >= 4 is 5.91 Å². The summed E-state index contributed by atoms with van der Waals surface area (Å²) < 4.78 is 1.95. The van der Waals surface area contributed by atoms with Crippen molar-refractivity contribution < 1.29 is 4.79 Å². The first kappa shape index (κ1) is 12.8. The second-order valence-corrected chi connectivity index (χ2v) is 5.21. The lowest BCUT2D eigenvalue weighted by Crippen LogP contribution is -2.28. The number of amides is 1. The smallest absolute Gasteiger partial charge is 0.220 e. The third-order valence-electron chi connectivity index (χ3n) is 3.85. The molecular formula is C15H18N4O. The predicted molar refractivity (Wildman–Crippen MR) is 75.8 cm³/mol. The molecule has 0 aliphatic carbocycles. The van der Waals surface area contributed by atoms with Gasteiger partial charge in [0.15, 0.2) is 0 Å². The first-order valence-electron chi connectivity index (χ1n) is 6.87. The normalized spacial score (nSPS) is 18.5. The van der Waals surface area contributed by atoms with Crippen LogP contribution in [0.1, 0.15) is 31.5 Å². The van der Waals surface area contributed by atoms with Gasteiger partial charge in [0, 0.05) is 20.5 Å². The summed E-state index contributed by atoms with van der Waals surface area (Å²) in [6.07, 6.45) is 5.61. The molecule has 5 heteroatoms. The number of hydrogen-bond acceptors (Lipinski definition) is 3. The van der Waals surface area contributed by atoms with E-state index >= 15 is 0 Å². The summed E-state index contributed by atoms with van der Waals surface area (Å²) in [6, 6.07) is 6.10. The van der Waals surface area contributed by atoms with Crippen LogP contribution in [0.5, 0.6) is 0 Å². The number of pyridine rings is 1. The Morgan fingerprint density at radius 1 is 1.40 bits per heavy atom. The Morgan fingerprint density at radius 2 is 2.25 bits per heavy atom. The van der Waals surface area contributed by atoms with Crippen LogP contribution in [0.25, 0.3) is 11.4 Å². The molecule has 1 saturated heterocycles. The Bertz CT molecular complexity index is 634. The monoisotopic (exact) mass is 270 g/mol. The van der Waals surface area contributed by atoms with Crippen LogP contribution >= 0.6 is 0 Å². The molecular weight excluding hydrogens is 252 g/mol. The topological polar surface area (TPSA) is 51.0 Å². The number of hydrogen-bond donors (Lipinski definition) is 0. The summed E-state index contributed by atoms with van der Waals surface area (Å²) in [5.74, 6) is 0.125. The van der Waals surface area contributed by atoms with Crippen molar-refractivity contribution in [2.24, 2.45) is 7.05 Å². The van der Waals surface area contributed by atoms with Crippen LogP contribution in [0.2, 0.25) is 0 Å². The quantitative estimate of drug-likeness (QED) is 0.840. The molecule has 0 radical (unpaired) electrons. The first-order valence-corrected chi connectivity index (χ1v) is 6.87. The Hall–Kier alpha value is -2.17. The van der Waals surface area contributed by atoms with Crippen LogP contribution in [-0.4, -0.2) is 31.9 Å². The summed E-state index contributed by atoms with van der Waals surface area (Å²) >= 11 is 0. The van der Waals surface area contributed by atoms with Gasteiger partial charge in [0.1, 0.15) is 0 Å². The molecule has 104 valence electrons. The highest BCUT2D eigenvalue weighted by Crippen LogP contribution is 2.31. The van der Waals surface area contributed by atoms with Crippen molar-refractivity contribution in [2.45, 2.75) is 25.8 Å². The number of carbonyl (C=O) groups is 1. The van der Waals surface area contributed by atoms with Gasteiger partial charge in [0.2, 0.25) is 5.91 Å². The van der Waals surface area contributed by atoms with Crippen LogP contribution in [0.3, 0.4) is 0 Å². The second-order valence-electron chi connectivity index (χ2n) is 5.21. The number of nitrogens with zero attached hydrogens (tertiary/aromatic N) is 4. The van der Waals surface area contributed by atoms with E-state index in [0.29, 0.717) is 0 Å². The van der Waals surface area contributed by atoms with Gasteiger partial charge in [-0.15, -0.1) is 0 Å². The van der Waals surface area contributed by atoms with E-state index < -0.39 is 0 Å². The van der Waals surface area contributed by atoms with Gasteiger partial charge >= 0.3 is 0 Å².